The van der Waals surface area contributed by atoms with Crippen LogP contribution in [-0.2, 0) is 13.6 Å². The van der Waals surface area contributed by atoms with Gasteiger partial charge in [-0.25, -0.2) is 4.98 Å². The maximum atomic E-state index is 12.1. The van der Waals surface area contributed by atoms with E-state index in [9.17, 15) is 4.79 Å². The number of nitrogen functional groups attached to an aromatic ring is 1. The number of carbonyl (C=O) groups is 1. The summed E-state index contributed by atoms with van der Waals surface area (Å²) in [5.41, 5.74) is 6.31. The van der Waals surface area contributed by atoms with Gasteiger partial charge in [0.1, 0.15) is 5.82 Å². The van der Waals surface area contributed by atoms with E-state index in [0.717, 1.165) is 0 Å². The zero-order valence-corrected chi connectivity index (χ0v) is 10.5. The lowest BCUT2D eigenvalue weighted by Crippen LogP contribution is -2.27. The Morgan fingerprint density at radius 1 is 1.61 bits per heavy atom. The molecule has 0 saturated carbocycles. The average molecular weight is 249 g/mol. The predicted octanol–water partition coefficient (Wildman–Crippen LogP) is -0.299. The summed E-state index contributed by atoms with van der Waals surface area (Å²) in [6.45, 7) is 2.11. The molecular formula is C10H15N7O. The van der Waals surface area contributed by atoms with Crippen molar-refractivity contribution in [3.8, 4) is 0 Å². The SMILES string of the molecule is Cc1nc(CN(C)C(=O)c2nn(C)cc2N)n[nH]1. The summed E-state index contributed by atoms with van der Waals surface area (Å²) in [6.07, 6.45) is 1.60. The Balaban J connectivity index is 2.11. The van der Waals surface area contributed by atoms with E-state index in [4.69, 9.17) is 5.73 Å². The van der Waals surface area contributed by atoms with Gasteiger partial charge in [-0.1, -0.05) is 0 Å². The molecule has 0 saturated heterocycles. The van der Waals surface area contributed by atoms with Gasteiger partial charge in [0.05, 0.1) is 12.2 Å². The molecule has 1 amide bonds. The molecule has 8 heteroatoms. The lowest BCUT2D eigenvalue weighted by atomic mass is 10.3. The normalized spacial score (nSPS) is 10.6. The topological polar surface area (TPSA) is 106 Å². The number of amides is 1. The molecule has 8 nitrogen and oxygen atoms in total. The molecule has 0 radical (unpaired) electrons. The Labute approximate surface area is 104 Å². The summed E-state index contributed by atoms with van der Waals surface area (Å²) in [6, 6.07) is 0. The molecular weight excluding hydrogens is 234 g/mol. The monoisotopic (exact) mass is 249 g/mol. The third-order valence-electron chi connectivity index (χ3n) is 2.43. The number of nitrogens with zero attached hydrogens (tertiary/aromatic N) is 5. The van der Waals surface area contributed by atoms with Crippen molar-refractivity contribution in [3.05, 3.63) is 23.5 Å². The third kappa shape index (κ3) is 2.31. The number of aryl methyl sites for hydroxylation is 2. The number of rotatable bonds is 3. The van der Waals surface area contributed by atoms with Gasteiger partial charge in [-0.15, -0.1) is 0 Å². The molecule has 0 unspecified atom stereocenters. The van der Waals surface area contributed by atoms with Gasteiger partial charge in [-0.05, 0) is 6.92 Å². The van der Waals surface area contributed by atoms with E-state index in [1.807, 2.05) is 0 Å². The molecule has 0 atom stereocenters. The van der Waals surface area contributed by atoms with Crippen molar-refractivity contribution < 1.29 is 4.79 Å². The van der Waals surface area contributed by atoms with Crippen molar-refractivity contribution in [1.29, 1.82) is 0 Å². The predicted molar refractivity (Wildman–Crippen MR) is 64.5 cm³/mol. The van der Waals surface area contributed by atoms with E-state index < -0.39 is 0 Å². The third-order valence-corrected chi connectivity index (χ3v) is 2.43. The smallest absolute Gasteiger partial charge is 0.276 e. The van der Waals surface area contributed by atoms with Crippen LogP contribution in [0.5, 0.6) is 0 Å². The van der Waals surface area contributed by atoms with E-state index >= 15 is 0 Å². The van der Waals surface area contributed by atoms with Crippen molar-refractivity contribution in [1.82, 2.24) is 29.9 Å². The average Bonchev–Trinajstić information content (AvgIpc) is 2.84. The quantitative estimate of drug-likeness (QED) is 0.777. The first-order valence-electron chi connectivity index (χ1n) is 5.40. The van der Waals surface area contributed by atoms with Crippen LogP contribution in [0.25, 0.3) is 0 Å². The van der Waals surface area contributed by atoms with E-state index in [-0.39, 0.29) is 11.6 Å². The minimum Gasteiger partial charge on any atom is -0.396 e. The Morgan fingerprint density at radius 2 is 2.33 bits per heavy atom. The molecule has 3 N–H and O–H groups in total. The Hall–Kier alpha value is -2.38. The minimum absolute atomic E-state index is 0.243. The standard InChI is InChI=1S/C10H15N7O/c1-6-12-8(14-13-6)5-16(2)10(18)9-7(11)4-17(3)15-9/h4H,5,11H2,1-3H3,(H,12,13,14). The molecule has 2 heterocycles. The molecule has 0 aliphatic carbocycles. The van der Waals surface area contributed by atoms with Crippen LogP contribution in [0.3, 0.4) is 0 Å². The molecule has 2 aromatic rings. The van der Waals surface area contributed by atoms with Crippen LogP contribution < -0.4 is 5.73 Å². The Morgan fingerprint density at radius 3 is 2.83 bits per heavy atom. The van der Waals surface area contributed by atoms with Gasteiger partial charge < -0.3 is 10.6 Å². The number of aromatic nitrogens is 5. The molecule has 0 aliphatic rings. The number of hydrogen-bond donors (Lipinski definition) is 2. The van der Waals surface area contributed by atoms with Gasteiger partial charge in [-0.3, -0.25) is 14.6 Å². The number of hydrogen-bond acceptors (Lipinski definition) is 5. The zero-order valence-electron chi connectivity index (χ0n) is 10.5. The van der Waals surface area contributed by atoms with Gasteiger partial charge in [0, 0.05) is 20.3 Å². The van der Waals surface area contributed by atoms with Crippen LogP contribution in [0.4, 0.5) is 5.69 Å². The lowest BCUT2D eigenvalue weighted by molar-refractivity contribution is 0.0776. The number of nitrogens with two attached hydrogens (primary N) is 1. The summed E-state index contributed by atoms with van der Waals surface area (Å²) in [4.78, 5) is 17.7. The maximum absolute atomic E-state index is 12.1. The van der Waals surface area contributed by atoms with Gasteiger partial charge in [0.25, 0.3) is 5.91 Å². The zero-order chi connectivity index (χ0) is 13.3. The minimum atomic E-state index is -0.254. The highest BCUT2D eigenvalue weighted by atomic mass is 16.2. The number of anilines is 1. The van der Waals surface area contributed by atoms with Gasteiger partial charge >= 0.3 is 0 Å². The lowest BCUT2D eigenvalue weighted by Gasteiger charge is -2.13. The largest absolute Gasteiger partial charge is 0.396 e. The van der Waals surface area contributed by atoms with Crippen molar-refractivity contribution in [2.75, 3.05) is 12.8 Å². The number of aromatic amines is 1. The van der Waals surface area contributed by atoms with E-state index in [1.54, 1.807) is 27.2 Å². The van der Waals surface area contributed by atoms with Crippen molar-refractivity contribution in [2.24, 2.45) is 7.05 Å². The first-order chi connectivity index (χ1) is 8.47. The second-order valence-electron chi connectivity index (χ2n) is 4.10. The molecule has 0 fully saturated rings. The Bertz CT molecular complexity index is 571. The fraction of sp³-hybridized carbons (Fsp3) is 0.400. The summed E-state index contributed by atoms with van der Waals surface area (Å²) >= 11 is 0. The van der Waals surface area contributed by atoms with Crippen LogP contribution >= 0.6 is 0 Å². The second-order valence-corrected chi connectivity index (χ2v) is 4.10. The summed E-state index contributed by atoms with van der Waals surface area (Å²) in [5, 5.41) is 10.7. The van der Waals surface area contributed by atoms with Crippen molar-refractivity contribution >= 4 is 11.6 Å². The summed E-state index contributed by atoms with van der Waals surface area (Å²) in [7, 11) is 3.37. The fourth-order valence-corrected chi connectivity index (χ4v) is 1.60. The molecule has 2 aromatic heterocycles. The van der Waals surface area contributed by atoms with Crippen LogP contribution in [0.15, 0.2) is 6.20 Å². The molecule has 0 spiro atoms. The summed E-state index contributed by atoms with van der Waals surface area (Å²) in [5.74, 6) is 1.01. The fourth-order valence-electron chi connectivity index (χ4n) is 1.60. The van der Waals surface area contributed by atoms with Crippen LogP contribution in [0.2, 0.25) is 0 Å². The van der Waals surface area contributed by atoms with E-state index in [0.29, 0.717) is 23.9 Å². The molecule has 0 bridgehead atoms. The van der Waals surface area contributed by atoms with Gasteiger partial charge in [-0.2, -0.15) is 10.2 Å². The van der Waals surface area contributed by atoms with E-state index in [1.165, 1.54) is 9.58 Å². The van der Waals surface area contributed by atoms with Crippen molar-refractivity contribution in [2.45, 2.75) is 13.5 Å². The molecule has 0 aliphatic heterocycles. The highest BCUT2D eigenvalue weighted by Crippen LogP contribution is 2.11. The molecule has 18 heavy (non-hydrogen) atoms. The number of H-pyrrole nitrogens is 1. The highest BCUT2D eigenvalue weighted by molar-refractivity contribution is 5.96. The molecule has 2 rings (SSSR count). The number of nitrogens with one attached hydrogen (secondary N) is 1. The first kappa shape index (κ1) is 12.1. The maximum Gasteiger partial charge on any atom is 0.276 e. The van der Waals surface area contributed by atoms with Crippen molar-refractivity contribution in [3.63, 3.8) is 0 Å². The summed E-state index contributed by atoms with van der Waals surface area (Å²) < 4.78 is 1.51. The van der Waals surface area contributed by atoms with Gasteiger partial charge in [0.15, 0.2) is 11.5 Å². The second kappa shape index (κ2) is 4.47. The van der Waals surface area contributed by atoms with Crippen LogP contribution in [0, 0.1) is 6.92 Å². The molecule has 0 aromatic carbocycles. The highest BCUT2D eigenvalue weighted by Gasteiger charge is 2.19. The molecule has 96 valence electrons. The van der Waals surface area contributed by atoms with Crippen LogP contribution in [-0.4, -0.2) is 42.8 Å². The number of carbonyl (C=O) groups excluding carboxylic acids is 1. The first-order valence-corrected chi connectivity index (χ1v) is 5.40. The van der Waals surface area contributed by atoms with Gasteiger partial charge in [0.2, 0.25) is 0 Å². The Kier molecular flexibility index (Phi) is 3.00. The van der Waals surface area contributed by atoms with E-state index in [2.05, 4.69) is 20.3 Å². The van der Waals surface area contributed by atoms with Crippen LogP contribution in [0.1, 0.15) is 22.1 Å².